The van der Waals surface area contributed by atoms with Crippen molar-refractivity contribution in [2.24, 2.45) is 5.41 Å². The van der Waals surface area contributed by atoms with Gasteiger partial charge in [0, 0.05) is 6.54 Å². The molecular formula is C11H20N2O4. The fraction of sp³-hybridized carbons (Fsp3) is 0.818. The van der Waals surface area contributed by atoms with Crippen LogP contribution in [0.3, 0.4) is 0 Å². The van der Waals surface area contributed by atoms with E-state index in [1.165, 1.54) is 0 Å². The van der Waals surface area contributed by atoms with Crippen molar-refractivity contribution in [1.82, 2.24) is 10.6 Å². The Balaban J connectivity index is 2.52. The molecule has 0 bridgehead atoms. The van der Waals surface area contributed by atoms with E-state index in [1.54, 1.807) is 0 Å². The number of carboxylic acids is 1. The normalized spacial score (nSPS) is 25.5. The van der Waals surface area contributed by atoms with E-state index < -0.39 is 17.5 Å². The minimum Gasteiger partial charge on any atom is -0.479 e. The van der Waals surface area contributed by atoms with E-state index in [0.29, 0.717) is 6.54 Å². The largest absolute Gasteiger partial charge is 0.479 e. The van der Waals surface area contributed by atoms with Crippen LogP contribution in [0.25, 0.3) is 0 Å². The fourth-order valence-corrected chi connectivity index (χ4v) is 2.21. The maximum Gasteiger partial charge on any atom is 0.334 e. The monoisotopic (exact) mass is 244 g/mol. The number of rotatable bonds is 6. The van der Waals surface area contributed by atoms with Crippen LogP contribution in [0.15, 0.2) is 0 Å². The van der Waals surface area contributed by atoms with Crippen LogP contribution < -0.4 is 10.6 Å². The molecule has 1 saturated heterocycles. The predicted molar refractivity (Wildman–Crippen MR) is 61.5 cm³/mol. The third-order valence-corrected chi connectivity index (χ3v) is 3.19. The first kappa shape index (κ1) is 13.9. The lowest BCUT2D eigenvalue weighted by Gasteiger charge is -2.26. The van der Waals surface area contributed by atoms with Gasteiger partial charge in [-0.3, -0.25) is 4.79 Å². The molecule has 1 rings (SSSR count). The zero-order valence-corrected chi connectivity index (χ0v) is 10.0. The molecule has 1 fully saturated rings. The van der Waals surface area contributed by atoms with Crippen molar-refractivity contribution in [2.45, 2.75) is 32.3 Å². The second-order valence-electron chi connectivity index (χ2n) is 4.52. The molecule has 1 unspecified atom stereocenters. The van der Waals surface area contributed by atoms with E-state index >= 15 is 0 Å². The van der Waals surface area contributed by atoms with Gasteiger partial charge in [0.05, 0.1) is 12.0 Å². The van der Waals surface area contributed by atoms with Gasteiger partial charge >= 0.3 is 5.97 Å². The van der Waals surface area contributed by atoms with Crippen LogP contribution >= 0.6 is 0 Å². The van der Waals surface area contributed by atoms with E-state index in [2.05, 4.69) is 10.6 Å². The highest BCUT2D eigenvalue weighted by Gasteiger charge is 2.40. The smallest absolute Gasteiger partial charge is 0.334 e. The topological polar surface area (TPSA) is 98.7 Å². The Morgan fingerprint density at radius 1 is 1.53 bits per heavy atom. The molecule has 6 nitrogen and oxygen atoms in total. The van der Waals surface area contributed by atoms with Crippen molar-refractivity contribution in [3.63, 3.8) is 0 Å². The van der Waals surface area contributed by atoms with Crippen molar-refractivity contribution >= 4 is 11.9 Å². The van der Waals surface area contributed by atoms with Crippen LogP contribution in [0.5, 0.6) is 0 Å². The molecule has 2 atom stereocenters. The predicted octanol–water partition coefficient (Wildman–Crippen LogP) is -0.672. The summed E-state index contributed by atoms with van der Waals surface area (Å²) in [5.74, 6) is -1.48. The van der Waals surface area contributed by atoms with Crippen molar-refractivity contribution in [1.29, 1.82) is 0 Å². The van der Waals surface area contributed by atoms with E-state index in [9.17, 15) is 9.59 Å². The molecule has 0 spiro atoms. The van der Waals surface area contributed by atoms with E-state index in [4.69, 9.17) is 10.2 Å². The van der Waals surface area contributed by atoms with Crippen molar-refractivity contribution in [3.05, 3.63) is 0 Å². The minimum absolute atomic E-state index is 0.162. The molecule has 0 aliphatic carbocycles. The molecule has 6 heteroatoms. The zero-order valence-electron chi connectivity index (χ0n) is 10.0. The number of aliphatic hydroxyl groups is 1. The number of amides is 1. The number of carbonyl (C=O) groups is 2. The number of carbonyl (C=O) groups excluding carboxylic acids is 1. The summed E-state index contributed by atoms with van der Waals surface area (Å²) in [5.41, 5.74) is -0.438. The highest BCUT2D eigenvalue weighted by Crippen LogP contribution is 2.31. The van der Waals surface area contributed by atoms with Gasteiger partial charge in [0.25, 0.3) is 0 Å². The molecule has 1 aliphatic heterocycles. The Morgan fingerprint density at radius 3 is 2.71 bits per heavy atom. The maximum absolute atomic E-state index is 12.0. The quantitative estimate of drug-likeness (QED) is 0.496. The molecule has 1 heterocycles. The Morgan fingerprint density at radius 2 is 2.24 bits per heavy atom. The van der Waals surface area contributed by atoms with Crippen LogP contribution in [0, 0.1) is 5.41 Å². The fourth-order valence-electron chi connectivity index (χ4n) is 2.21. The number of nitrogens with one attached hydrogen (secondary N) is 2. The van der Waals surface area contributed by atoms with Crippen molar-refractivity contribution in [3.8, 4) is 0 Å². The molecule has 0 aromatic heterocycles. The number of hydrogen-bond acceptors (Lipinski definition) is 4. The van der Waals surface area contributed by atoms with Crippen LogP contribution in [-0.2, 0) is 9.59 Å². The summed E-state index contributed by atoms with van der Waals surface area (Å²) < 4.78 is 0. The molecule has 0 aromatic carbocycles. The lowest BCUT2D eigenvalue weighted by atomic mass is 9.81. The second-order valence-corrected chi connectivity index (χ2v) is 4.52. The molecular weight excluding hydrogens is 224 g/mol. The molecule has 0 saturated carbocycles. The average molecular weight is 244 g/mol. The van der Waals surface area contributed by atoms with Gasteiger partial charge in [-0.1, -0.05) is 13.3 Å². The summed E-state index contributed by atoms with van der Waals surface area (Å²) in [4.78, 5) is 22.5. The van der Waals surface area contributed by atoms with Gasteiger partial charge in [-0.15, -0.1) is 0 Å². The summed E-state index contributed by atoms with van der Waals surface area (Å²) >= 11 is 0. The number of aliphatic carboxylic acids is 1. The maximum atomic E-state index is 12.0. The van der Waals surface area contributed by atoms with Crippen LogP contribution in [0.2, 0.25) is 0 Å². The van der Waals surface area contributed by atoms with Crippen LogP contribution in [0.1, 0.15) is 26.2 Å². The molecule has 1 aliphatic rings. The Labute approximate surface area is 100 Å². The van der Waals surface area contributed by atoms with Gasteiger partial charge in [0.1, 0.15) is 0 Å². The minimum atomic E-state index is -1.54. The van der Waals surface area contributed by atoms with Gasteiger partial charge in [0.15, 0.2) is 6.10 Å². The number of hydrogen-bond donors (Lipinski definition) is 4. The van der Waals surface area contributed by atoms with E-state index in [-0.39, 0.29) is 12.5 Å². The number of aliphatic hydroxyl groups excluding tert-OH is 1. The van der Waals surface area contributed by atoms with Crippen LogP contribution in [-0.4, -0.2) is 47.8 Å². The Hall–Kier alpha value is -1.14. The summed E-state index contributed by atoms with van der Waals surface area (Å²) in [7, 11) is 0. The summed E-state index contributed by atoms with van der Waals surface area (Å²) in [6.07, 6.45) is 0.897. The van der Waals surface area contributed by atoms with Gasteiger partial charge < -0.3 is 20.8 Å². The van der Waals surface area contributed by atoms with Gasteiger partial charge in [0.2, 0.25) is 5.91 Å². The SMILES string of the molecule is CCCC1(C(=O)NC[C@H](O)C(=O)O)CCNC1. The van der Waals surface area contributed by atoms with Gasteiger partial charge in [-0.05, 0) is 19.4 Å². The van der Waals surface area contributed by atoms with Gasteiger partial charge in [-0.2, -0.15) is 0 Å². The highest BCUT2D eigenvalue weighted by molar-refractivity contribution is 5.84. The third-order valence-electron chi connectivity index (χ3n) is 3.19. The summed E-state index contributed by atoms with van der Waals surface area (Å²) in [6.45, 7) is 3.20. The molecule has 1 amide bonds. The standard InChI is InChI=1S/C11H20N2O4/c1-2-3-11(4-5-12-7-11)10(17)13-6-8(14)9(15)16/h8,12,14H,2-7H2,1H3,(H,13,17)(H,15,16)/t8-,11?/m0/s1. The average Bonchev–Trinajstić information content (AvgIpc) is 2.75. The lowest BCUT2D eigenvalue weighted by molar-refractivity contribution is -0.146. The van der Waals surface area contributed by atoms with Crippen molar-refractivity contribution < 1.29 is 19.8 Å². The molecule has 17 heavy (non-hydrogen) atoms. The molecule has 4 N–H and O–H groups in total. The number of carboxylic acid groups (broad SMARTS) is 1. The van der Waals surface area contributed by atoms with E-state index in [0.717, 1.165) is 25.8 Å². The molecule has 0 radical (unpaired) electrons. The van der Waals surface area contributed by atoms with Crippen LogP contribution in [0.4, 0.5) is 0 Å². The lowest BCUT2D eigenvalue weighted by Crippen LogP contribution is -2.46. The zero-order chi connectivity index (χ0) is 12.9. The summed E-state index contributed by atoms with van der Waals surface area (Å²) in [5, 5.41) is 23.3. The Bertz CT molecular complexity index is 287. The Kier molecular flexibility index (Phi) is 4.89. The highest BCUT2D eigenvalue weighted by atomic mass is 16.4. The van der Waals surface area contributed by atoms with E-state index in [1.807, 2.05) is 6.92 Å². The first-order valence-corrected chi connectivity index (χ1v) is 5.92. The second kappa shape index (κ2) is 5.97. The first-order chi connectivity index (χ1) is 8.02. The first-order valence-electron chi connectivity index (χ1n) is 5.92. The van der Waals surface area contributed by atoms with Crippen molar-refractivity contribution in [2.75, 3.05) is 19.6 Å². The molecule has 98 valence electrons. The third kappa shape index (κ3) is 3.41. The summed E-state index contributed by atoms with van der Waals surface area (Å²) in [6, 6.07) is 0. The van der Waals surface area contributed by atoms with Gasteiger partial charge in [-0.25, -0.2) is 4.79 Å². The molecule has 0 aromatic rings.